The maximum atomic E-state index is 13.5. The molecule has 2 aromatic heterocycles. The van der Waals surface area contributed by atoms with Gasteiger partial charge in [-0.1, -0.05) is 29.6 Å². The molecule has 1 aromatic carbocycles. The molecule has 0 unspecified atom stereocenters. The molecule has 7 nitrogen and oxygen atoms in total. The fourth-order valence-corrected chi connectivity index (χ4v) is 3.51. The van der Waals surface area contributed by atoms with Gasteiger partial charge in [-0.3, -0.25) is 19.5 Å². The van der Waals surface area contributed by atoms with E-state index >= 15 is 0 Å². The predicted molar refractivity (Wildman–Crippen MR) is 117 cm³/mol. The van der Waals surface area contributed by atoms with Crippen molar-refractivity contribution in [3.63, 3.8) is 0 Å². The fourth-order valence-electron chi connectivity index (χ4n) is 3.08. The Labute approximate surface area is 180 Å². The molecule has 0 radical (unpaired) electrons. The van der Waals surface area contributed by atoms with Gasteiger partial charge in [-0.05, 0) is 62.5 Å². The smallest absolute Gasteiger partial charge is 0.280 e. The van der Waals surface area contributed by atoms with Crippen LogP contribution in [0.25, 0.3) is 0 Å². The molecule has 156 valence electrons. The number of hydrogen-bond donors (Lipinski definition) is 1. The number of nitrogens with one attached hydrogen (secondary N) is 1. The Morgan fingerprint density at radius 1 is 1.20 bits per heavy atom. The number of benzene rings is 1. The number of nitrogens with zero attached hydrogens (tertiary/aromatic N) is 4. The second-order valence-electron chi connectivity index (χ2n) is 7.92. The Morgan fingerprint density at radius 3 is 2.60 bits per heavy atom. The number of pyridine rings is 1. The predicted octanol–water partition coefficient (Wildman–Crippen LogP) is 3.80. The van der Waals surface area contributed by atoms with Crippen molar-refractivity contribution in [2.75, 3.05) is 4.90 Å². The normalized spacial score (nSPS) is 12.3. The van der Waals surface area contributed by atoms with E-state index in [9.17, 15) is 9.59 Å². The van der Waals surface area contributed by atoms with Crippen molar-refractivity contribution >= 4 is 29.0 Å². The largest absolute Gasteiger partial charge is 0.349 e. The monoisotopic (exact) mass is 423 g/mol. The second kappa shape index (κ2) is 9.13. The molecular weight excluding hydrogens is 398 g/mol. The van der Waals surface area contributed by atoms with Crippen molar-refractivity contribution in [1.29, 1.82) is 0 Å². The molecule has 0 spiro atoms. The van der Waals surface area contributed by atoms with Crippen LogP contribution in [0, 0.1) is 0 Å². The van der Waals surface area contributed by atoms with Crippen molar-refractivity contribution < 1.29 is 9.59 Å². The molecule has 0 fully saturated rings. The molecule has 0 saturated carbocycles. The summed E-state index contributed by atoms with van der Waals surface area (Å²) in [6, 6.07) is 10.3. The van der Waals surface area contributed by atoms with Crippen LogP contribution in [0.3, 0.4) is 0 Å². The molecule has 8 heteroatoms. The van der Waals surface area contributed by atoms with Gasteiger partial charge in [0.1, 0.15) is 6.04 Å². The Balaban J connectivity index is 2.17. The first kappa shape index (κ1) is 21.6. The average molecular weight is 424 g/mol. The van der Waals surface area contributed by atoms with E-state index in [1.54, 1.807) is 29.9 Å². The molecule has 3 aromatic rings. The minimum Gasteiger partial charge on any atom is -0.349 e. The summed E-state index contributed by atoms with van der Waals surface area (Å²) >= 11 is 1.09. The maximum Gasteiger partial charge on any atom is 0.280 e. The number of aryl methyl sites for hydroxylation is 1. The summed E-state index contributed by atoms with van der Waals surface area (Å²) in [7, 11) is 0. The van der Waals surface area contributed by atoms with Crippen molar-refractivity contribution in [2.45, 2.75) is 45.7 Å². The van der Waals surface area contributed by atoms with Gasteiger partial charge in [-0.15, -0.1) is 5.10 Å². The van der Waals surface area contributed by atoms with E-state index in [0.29, 0.717) is 11.3 Å². The quantitative estimate of drug-likeness (QED) is 0.652. The van der Waals surface area contributed by atoms with Gasteiger partial charge in [-0.25, -0.2) is 0 Å². The van der Waals surface area contributed by atoms with E-state index in [2.05, 4.69) is 19.9 Å². The van der Waals surface area contributed by atoms with Gasteiger partial charge in [0.15, 0.2) is 5.69 Å². The highest BCUT2D eigenvalue weighted by atomic mass is 32.1. The average Bonchev–Trinajstić information content (AvgIpc) is 3.25. The summed E-state index contributed by atoms with van der Waals surface area (Å²) < 4.78 is 3.82. The summed E-state index contributed by atoms with van der Waals surface area (Å²) in [4.78, 5) is 32.6. The van der Waals surface area contributed by atoms with Gasteiger partial charge in [-0.2, -0.15) is 0 Å². The molecule has 1 atom stereocenters. The molecule has 30 heavy (non-hydrogen) atoms. The van der Waals surface area contributed by atoms with Gasteiger partial charge in [0.05, 0.1) is 0 Å². The first-order valence-corrected chi connectivity index (χ1v) is 10.6. The van der Waals surface area contributed by atoms with Crippen LogP contribution in [0.2, 0.25) is 0 Å². The van der Waals surface area contributed by atoms with Crippen molar-refractivity contribution in [3.8, 4) is 0 Å². The Morgan fingerprint density at radius 2 is 2.00 bits per heavy atom. The zero-order chi connectivity index (χ0) is 21.7. The van der Waals surface area contributed by atoms with Crippen molar-refractivity contribution in [1.82, 2.24) is 19.9 Å². The lowest BCUT2D eigenvalue weighted by Gasteiger charge is -2.33. The van der Waals surface area contributed by atoms with Crippen LogP contribution in [0.1, 0.15) is 55.4 Å². The summed E-state index contributed by atoms with van der Waals surface area (Å²) in [5.74, 6) is -0.691. The summed E-state index contributed by atoms with van der Waals surface area (Å²) in [6.07, 6.45) is 4.05. The number of carbonyl (C=O) groups is 2. The second-order valence-corrected chi connectivity index (χ2v) is 8.53. The lowest BCUT2D eigenvalue weighted by atomic mass is 10.0. The molecule has 1 N–H and O–H groups in total. The first-order chi connectivity index (χ1) is 14.3. The fraction of sp³-hybridized carbons (Fsp3) is 0.318. The molecule has 3 rings (SSSR count). The van der Waals surface area contributed by atoms with Crippen molar-refractivity contribution in [3.05, 3.63) is 71.0 Å². The van der Waals surface area contributed by atoms with Gasteiger partial charge >= 0.3 is 0 Å². The summed E-state index contributed by atoms with van der Waals surface area (Å²) in [6.45, 7) is 7.75. The van der Waals surface area contributed by atoms with E-state index in [1.165, 1.54) is 4.90 Å². The number of anilines is 1. The molecule has 0 aliphatic rings. The van der Waals surface area contributed by atoms with E-state index in [1.807, 2.05) is 52.0 Å². The number of carbonyl (C=O) groups excluding carboxylic acids is 2. The van der Waals surface area contributed by atoms with E-state index in [0.717, 1.165) is 23.5 Å². The molecule has 0 aliphatic heterocycles. The number of hydrogen-bond acceptors (Lipinski definition) is 6. The van der Waals surface area contributed by atoms with E-state index in [4.69, 9.17) is 0 Å². The van der Waals surface area contributed by atoms with Crippen LogP contribution in [-0.2, 0) is 11.2 Å². The number of amides is 2. The minimum atomic E-state index is -0.917. The SMILES string of the molecule is CCc1cccc(N(C(=O)c2csnn2)[C@@H](C(=O)NC(C)(C)C)c2cccnc2)c1. The van der Waals surface area contributed by atoms with Crippen LogP contribution in [0.5, 0.6) is 0 Å². The highest BCUT2D eigenvalue weighted by molar-refractivity contribution is 7.03. The first-order valence-electron chi connectivity index (χ1n) is 9.71. The van der Waals surface area contributed by atoms with Crippen LogP contribution in [0.15, 0.2) is 54.2 Å². The number of rotatable bonds is 6. The van der Waals surface area contributed by atoms with Gasteiger partial charge in [0, 0.05) is 34.6 Å². The van der Waals surface area contributed by atoms with E-state index in [-0.39, 0.29) is 11.6 Å². The topological polar surface area (TPSA) is 88.1 Å². The van der Waals surface area contributed by atoms with Crippen LogP contribution in [0.4, 0.5) is 5.69 Å². The Bertz CT molecular complexity index is 1000. The van der Waals surface area contributed by atoms with Crippen LogP contribution >= 0.6 is 11.5 Å². The number of aromatic nitrogens is 3. The molecular formula is C22H25N5O2S. The Hall–Kier alpha value is -3.13. The van der Waals surface area contributed by atoms with Crippen molar-refractivity contribution in [2.24, 2.45) is 0 Å². The van der Waals surface area contributed by atoms with Gasteiger partial charge in [0.25, 0.3) is 5.91 Å². The standard InChI is InChI=1S/C22H25N5O2S/c1-5-15-8-6-10-17(12-15)27(21(29)18-14-30-26-25-18)19(16-9-7-11-23-13-16)20(28)24-22(2,3)4/h6-14,19H,5H2,1-4H3,(H,24,28)/t19-/m1/s1. The molecule has 0 aliphatic carbocycles. The zero-order valence-corrected chi connectivity index (χ0v) is 18.3. The third-order valence-corrected chi connectivity index (χ3v) is 4.90. The van der Waals surface area contributed by atoms with Crippen LogP contribution in [-0.4, -0.2) is 31.9 Å². The maximum absolute atomic E-state index is 13.5. The van der Waals surface area contributed by atoms with Gasteiger partial charge in [0.2, 0.25) is 5.91 Å². The molecule has 0 bridgehead atoms. The summed E-state index contributed by atoms with van der Waals surface area (Å²) in [5, 5.41) is 8.53. The minimum absolute atomic E-state index is 0.194. The highest BCUT2D eigenvalue weighted by Crippen LogP contribution is 2.30. The lowest BCUT2D eigenvalue weighted by molar-refractivity contribution is -0.123. The lowest BCUT2D eigenvalue weighted by Crippen LogP contribution is -2.49. The third kappa shape index (κ3) is 5.07. The third-order valence-electron chi connectivity index (χ3n) is 4.40. The summed E-state index contributed by atoms with van der Waals surface area (Å²) in [5.41, 5.74) is 2.00. The highest BCUT2D eigenvalue weighted by Gasteiger charge is 2.36. The molecule has 2 heterocycles. The molecule has 0 saturated heterocycles. The molecule has 2 amide bonds. The zero-order valence-electron chi connectivity index (χ0n) is 17.5. The van der Waals surface area contributed by atoms with E-state index < -0.39 is 17.5 Å². The Kier molecular flexibility index (Phi) is 6.56. The van der Waals surface area contributed by atoms with Gasteiger partial charge < -0.3 is 5.32 Å². The van der Waals surface area contributed by atoms with Crippen LogP contribution < -0.4 is 10.2 Å².